The van der Waals surface area contributed by atoms with Crippen LogP contribution in [0.2, 0.25) is 0 Å². The van der Waals surface area contributed by atoms with E-state index in [-0.39, 0.29) is 37.2 Å². The number of unbranched alkanes of at least 4 members (excludes halogenated alkanes) is 45. The molecule has 0 heterocycles. The van der Waals surface area contributed by atoms with E-state index in [1.165, 1.54) is 250 Å². The van der Waals surface area contributed by atoms with Crippen molar-refractivity contribution in [3.63, 3.8) is 0 Å². The van der Waals surface area contributed by atoms with Crippen LogP contribution in [0.3, 0.4) is 0 Å². The first-order valence-electron chi connectivity index (χ1n) is 29.0. The van der Waals surface area contributed by atoms with Crippen molar-refractivity contribution in [2.75, 3.05) is 19.8 Å². The van der Waals surface area contributed by atoms with E-state index in [2.05, 4.69) is 33.3 Å². The second-order valence-electron chi connectivity index (χ2n) is 19.6. The van der Waals surface area contributed by atoms with E-state index in [1.807, 2.05) is 0 Å². The van der Waals surface area contributed by atoms with Gasteiger partial charge in [-0.25, -0.2) is 25.3 Å². The molecule has 420 valence electrons. The first kappa shape index (κ1) is 76.6. The maximum absolute atomic E-state index is 10.2. The minimum absolute atomic E-state index is 0. The normalized spacial score (nSPS) is 11.7. The molecular weight excluding hydrogens is 964 g/mol. The monoisotopic (exact) mass is 1070 g/mol. The topological polar surface area (TPSA) is 199 Å². The summed E-state index contributed by atoms with van der Waals surface area (Å²) in [6.45, 7) is 6.88. The van der Waals surface area contributed by atoms with E-state index in [0.29, 0.717) is 19.3 Å². The van der Waals surface area contributed by atoms with Crippen LogP contribution in [-0.4, -0.2) is 76.1 Å². The average molecular weight is 1080 g/mol. The summed E-state index contributed by atoms with van der Waals surface area (Å²) in [5, 5.41) is 0. The molecule has 0 aliphatic carbocycles. The van der Waals surface area contributed by atoms with Crippen LogP contribution >= 0.6 is 0 Å². The van der Waals surface area contributed by atoms with Gasteiger partial charge < -0.3 is 13.7 Å². The largest absolute Gasteiger partial charge is 3.00 e. The third-order valence-electron chi connectivity index (χ3n) is 12.7. The van der Waals surface area contributed by atoms with Gasteiger partial charge in [-0.3, -0.25) is 12.5 Å². The Hall–Kier alpha value is 0.142. The molecule has 0 rings (SSSR count). The summed E-state index contributed by atoms with van der Waals surface area (Å²) in [5.74, 6) is 0. The van der Waals surface area contributed by atoms with Crippen LogP contribution in [0.15, 0.2) is 0 Å². The molecule has 0 unspecified atom stereocenters. The molecule has 0 aliphatic heterocycles. The molecule has 0 spiro atoms. The molecule has 70 heavy (non-hydrogen) atoms. The zero-order valence-electron chi connectivity index (χ0n) is 45.8. The summed E-state index contributed by atoms with van der Waals surface area (Å²) < 4.78 is 104. The third-order valence-corrected chi connectivity index (χ3v) is 14.0. The second-order valence-corrected chi connectivity index (χ2v) is 22.8. The Balaban J connectivity index is -0.000000463. The van der Waals surface area contributed by atoms with Gasteiger partial charge >= 0.3 is 17.4 Å². The van der Waals surface area contributed by atoms with Gasteiger partial charge in [-0.05, 0) is 19.3 Å². The molecule has 0 bridgehead atoms. The fourth-order valence-electron chi connectivity index (χ4n) is 8.43. The van der Waals surface area contributed by atoms with Crippen molar-refractivity contribution in [3.8, 4) is 0 Å². The van der Waals surface area contributed by atoms with Crippen LogP contribution in [0.1, 0.15) is 329 Å². The fourth-order valence-corrected chi connectivity index (χ4v) is 9.40. The van der Waals surface area contributed by atoms with Gasteiger partial charge in [0.1, 0.15) is 0 Å². The van der Waals surface area contributed by atoms with Gasteiger partial charge in [0, 0.05) is 0 Å². The van der Waals surface area contributed by atoms with Crippen LogP contribution < -0.4 is 0 Å². The molecule has 0 aromatic heterocycles. The maximum atomic E-state index is 10.2. The van der Waals surface area contributed by atoms with Gasteiger partial charge in [0.15, 0.2) is 0 Å². The van der Waals surface area contributed by atoms with Crippen molar-refractivity contribution in [2.24, 2.45) is 0 Å². The van der Waals surface area contributed by atoms with E-state index < -0.39 is 31.2 Å². The van der Waals surface area contributed by atoms with Crippen LogP contribution in [0, 0.1) is 0 Å². The van der Waals surface area contributed by atoms with Crippen molar-refractivity contribution in [2.45, 2.75) is 329 Å². The molecule has 0 aliphatic rings. The summed E-state index contributed by atoms with van der Waals surface area (Å²) in [7, 11) is -13.5. The van der Waals surface area contributed by atoms with Crippen molar-refractivity contribution < 1.29 is 51.5 Å². The first-order chi connectivity index (χ1) is 33.2. The molecule has 0 fully saturated rings. The first-order valence-corrected chi connectivity index (χ1v) is 33.0. The quantitative estimate of drug-likeness (QED) is 0.0242. The van der Waals surface area contributed by atoms with Crippen molar-refractivity contribution in [1.82, 2.24) is 0 Å². The standard InChI is InChI=1S/3C18H38O4S.Al/c3*1-2-3-4-5-6-7-8-9-10-11-12-13-14-15-16-17-18-22-23(19,20)21;/h3*2-18H2,1H3,(H,19,20,21);/q;;;+3/p-3. The Morgan fingerprint density at radius 1 is 0.214 bits per heavy atom. The molecule has 0 aromatic carbocycles. The minimum Gasteiger partial charge on any atom is -0.726 e. The smallest absolute Gasteiger partial charge is 0.726 e. The average Bonchev–Trinajstić information content (AvgIpc) is 3.29. The zero-order valence-corrected chi connectivity index (χ0v) is 49.4. The second kappa shape index (κ2) is 61.7. The minimum atomic E-state index is -4.49. The molecule has 0 saturated carbocycles. The Labute approximate surface area is 446 Å². The molecule has 0 saturated heterocycles. The summed E-state index contributed by atoms with van der Waals surface area (Å²) >= 11 is 0. The Bertz CT molecular complexity index is 1150. The molecule has 0 aromatic rings. The van der Waals surface area contributed by atoms with Crippen LogP contribution in [-0.2, 0) is 43.7 Å². The molecule has 0 atom stereocenters. The Kier molecular flexibility index (Phi) is 67.5. The molecule has 0 amide bonds. The summed E-state index contributed by atoms with van der Waals surface area (Å²) in [6.07, 6.45) is 60.9. The maximum Gasteiger partial charge on any atom is 3.00 e. The molecule has 0 N–H and O–H groups in total. The number of rotatable bonds is 54. The van der Waals surface area contributed by atoms with E-state index in [0.717, 1.165) is 38.5 Å². The van der Waals surface area contributed by atoms with Gasteiger partial charge in [-0.1, -0.05) is 310 Å². The molecule has 0 radical (unpaired) electrons. The van der Waals surface area contributed by atoms with Crippen molar-refractivity contribution >= 4 is 48.6 Å². The fraction of sp³-hybridized carbons (Fsp3) is 1.00. The van der Waals surface area contributed by atoms with Crippen LogP contribution in [0.4, 0.5) is 0 Å². The van der Waals surface area contributed by atoms with Crippen molar-refractivity contribution in [1.29, 1.82) is 0 Å². The van der Waals surface area contributed by atoms with Gasteiger partial charge in [0.25, 0.3) is 0 Å². The van der Waals surface area contributed by atoms with Gasteiger partial charge in [0.2, 0.25) is 31.2 Å². The number of hydrogen-bond donors (Lipinski definition) is 0. The zero-order chi connectivity index (χ0) is 51.7. The van der Waals surface area contributed by atoms with Gasteiger partial charge in [0.05, 0.1) is 19.8 Å². The summed E-state index contributed by atoms with van der Waals surface area (Å²) in [6, 6.07) is 0. The third kappa shape index (κ3) is 84.9. The van der Waals surface area contributed by atoms with E-state index in [4.69, 9.17) is 0 Å². The Morgan fingerprint density at radius 3 is 0.414 bits per heavy atom. The van der Waals surface area contributed by atoms with Gasteiger partial charge in [-0.2, -0.15) is 0 Å². The summed E-state index contributed by atoms with van der Waals surface area (Å²) in [4.78, 5) is 0. The van der Waals surface area contributed by atoms with E-state index in [9.17, 15) is 38.9 Å². The predicted octanol–water partition coefficient (Wildman–Crippen LogP) is 16.8. The Morgan fingerprint density at radius 2 is 0.314 bits per heavy atom. The SMILES string of the molecule is CCCCCCCCCCCCCCCCCCOS(=O)(=O)[O-].CCCCCCCCCCCCCCCCCCOS(=O)(=O)[O-].CCCCCCCCCCCCCCCCCCOS(=O)(=O)[O-].[Al+3]. The summed E-state index contributed by atoms with van der Waals surface area (Å²) in [5.41, 5.74) is 0. The number of hydrogen-bond acceptors (Lipinski definition) is 12. The van der Waals surface area contributed by atoms with Crippen LogP contribution in [0.25, 0.3) is 0 Å². The van der Waals surface area contributed by atoms with Crippen LogP contribution in [0.5, 0.6) is 0 Å². The van der Waals surface area contributed by atoms with E-state index in [1.54, 1.807) is 0 Å². The molecule has 12 nitrogen and oxygen atoms in total. The van der Waals surface area contributed by atoms with Crippen molar-refractivity contribution in [3.05, 3.63) is 0 Å². The van der Waals surface area contributed by atoms with Gasteiger partial charge in [-0.15, -0.1) is 0 Å². The molecular formula is C54H111AlO12S3. The predicted molar refractivity (Wildman–Crippen MR) is 291 cm³/mol. The van der Waals surface area contributed by atoms with E-state index >= 15 is 0 Å². The molecule has 16 heteroatoms.